The minimum absolute atomic E-state index is 0.0826. The highest BCUT2D eigenvalue weighted by atomic mass is 32.1. The Balaban J connectivity index is 3.14. The molecule has 2 unspecified atom stereocenters. The molecule has 0 aromatic carbocycles. The van der Waals surface area contributed by atoms with Gasteiger partial charge in [0.25, 0.3) is 0 Å². The van der Waals surface area contributed by atoms with Crippen LogP contribution in [-0.2, 0) is 9.59 Å². The van der Waals surface area contributed by atoms with Crippen LogP contribution in [0.5, 0.6) is 0 Å². The van der Waals surface area contributed by atoms with Crippen LogP contribution in [0, 0.1) is 17.2 Å². The molecule has 0 saturated carbocycles. The number of ketones is 1. The van der Waals surface area contributed by atoms with E-state index in [-0.39, 0.29) is 10.9 Å². The lowest BCUT2D eigenvalue weighted by atomic mass is 9.81. The van der Waals surface area contributed by atoms with Crippen molar-refractivity contribution in [3.05, 3.63) is 0 Å². The standard InChI is InChI=1S/C8H9N3O2S/c1-4(12)8(2)5(3-9)6(13)10-7(14)11-8/h5H,1-2H3,(H2,10,11,13,14). The Morgan fingerprint density at radius 2 is 2.29 bits per heavy atom. The van der Waals surface area contributed by atoms with Crippen molar-refractivity contribution >= 4 is 29.0 Å². The first-order valence-electron chi connectivity index (χ1n) is 3.95. The summed E-state index contributed by atoms with van der Waals surface area (Å²) in [7, 11) is 0. The highest BCUT2D eigenvalue weighted by molar-refractivity contribution is 7.80. The summed E-state index contributed by atoms with van der Waals surface area (Å²) in [4.78, 5) is 22.7. The molecule has 0 bridgehead atoms. The van der Waals surface area contributed by atoms with Gasteiger partial charge in [0, 0.05) is 0 Å². The first-order chi connectivity index (χ1) is 6.41. The average molecular weight is 211 g/mol. The van der Waals surface area contributed by atoms with Gasteiger partial charge in [-0.3, -0.25) is 9.59 Å². The van der Waals surface area contributed by atoms with Gasteiger partial charge in [0.15, 0.2) is 16.8 Å². The molecule has 1 aliphatic rings. The maximum atomic E-state index is 11.3. The monoisotopic (exact) mass is 211 g/mol. The SMILES string of the molecule is CC(=O)C1(C)NC(=S)NC(=O)C1C#N. The molecule has 1 rings (SSSR count). The van der Waals surface area contributed by atoms with Gasteiger partial charge in [-0.1, -0.05) is 0 Å². The molecule has 1 saturated heterocycles. The molecule has 74 valence electrons. The van der Waals surface area contributed by atoms with Crippen LogP contribution in [-0.4, -0.2) is 22.3 Å². The van der Waals surface area contributed by atoms with E-state index in [0.29, 0.717) is 0 Å². The minimum atomic E-state index is -1.21. The van der Waals surface area contributed by atoms with E-state index in [1.807, 2.05) is 0 Å². The van der Waals surface area contributed by atoms with Gasteiger partial charge in [-0.15, -0.1) is 0 Å². The first kappa shape index (κ1) is 10.6. The second-order valence-corrected chi connectivity index (χ2v) is 3.67. The molecule has 1 aliphatic heterocycles. The molecule has 14 heavy (non-hydrogen) atoms. The van der Waals surface area contributed by atoms with Gasteiger partial charge in [-0.25, -0.2) is 0 Å². The van der Waals surface area contributed by atoms with Crippen LogP contribution in [0.4, 0.5) is 0 Å². The fourth-order valence-electron chi connectivity index (χ4n) is 1.26. The van der Waals surface area contributed by atoms with Crippen molar-refractivity contribution in [1.82, 2.24) is 10.6 Å². The Morgan fingerprint density at radius 1 is 1.71 bits per heavy atom. The van der Waals surface area contributed by atoms with E-state index in [4.69, 9.17) is 17.5 Å². The van der Waals surface area contributed by atoms with E-state index in [9.17, 15) is 9.59 Å². The van der Waals surface area contributed by atoms with Crippen LogP contribution in [0.3, 0.4) is 0 Å². The zero-order valence-corrected chi connectivity index (χ0v) is 8.57. The summed E-state index contributed by atoms with van der Waals surface area (Å²) >= 11 is 4.75. The van der Waals surface area contributed by atoms with Crippen molar-refractivity contribution in [2.75, 3.05) is 0 Å². The third kappa shape index (κ3) is 1.46. The molecule has 2 atom stereocenters. The number of hydrogen-bond acceptors (Lipinski definition) is 4. The second kappa shape index (κ2) is 3.35. The Kier molecular flexibility index (Phi) is 2.53. The molecule has 0 radical (unpaired) electrons. The number of rotatable bonds is 1. The van der Waals surface area contributed by atoms with E-state index in [0.717, 1.165) is 0 Å². The number of carbonyl (C=O) groups is 2. The lowest BCUT2D eigenvalue weighted by Crippen LogP contribution is -2.67. The van der Waals surface area contributed by atoms with Crippen LogP contribution in [0.1, 0.15) is 13.8 Å². The van der Waals surface area contributed by atoms with Gasteiger partial charge >= 0.3 is 0 Å². The fraction of sp³-hybridized carbons (Fsp3) is 0.500. The number of nitriles is 1. The van der Waals surface area contributed by atoms with E-state index in [1.54, 1.807) is 6.07 Å². The summed E-state index contributed by atoms with van der Waals surface area (Å²) in [6.45, 7) is 2.81. The minimum Gasteiger partial charge on any atom is -0.348 e. The molecule has 1 amide bonds. The van der Waals surface area contributed by atoms with Crippen molar-refractivity contribution < 1.29 is 9.59 Å². The fourth-order valence-corrected chi connectivity index (χ4v) is 1.58. The van der Waals surface area contributed by atoms with Crippen LogP contribution >= 0.6 is 12.2 Å². The molecule has 2 N–H and O–H groups in total. The number of nitrogens with one attached hydrogen (secondary N) is 2. The van der Waals surface area contributed by atoms with Crippen LogP contribution in [0.15, 0.2) is 0 Å². The predicted molar refractivity (Wildman–Crippen MR) is 52.1 cm³/mol. The quantitative estimate of drug-likeness (QED) is 0.570. The maximum Gasteiger partial charge on any atom is 0.246 e. The van der Waals surface area contributed by atoms with Gasteiger partial charge in [0.2, 0.25) is 5.91 Å². The zero-order valence-electron chi connectivity index (χ0n) is 7.75. The largest absolute Gasteiger partial charge is 0.348 e. The Labute approximate surface area is 86.5 Å². The van der Waals surface area contributed by atoms with Crippen molar-refractivity contribution in [2.45, 2.75) is 19.4 Å². The number of hydrogen-bond donors (Lipinski definition) is 2. The summed E-state index contributed by atoms with van der Waals surface area (Å²) in [6.07, 6.45) is 0. The third-order valence-corrected chi connectivity index (χ3v) is 2.51. The van der Waals surface area contributed by atoms with Gasteiger partial charge in [0.05, 0.1) is 6.07 Å². The van der Waals surface area contributed by atoms with Gasteiger partial charge < -0.3 is 10.6 Å². The van der Waals surface area contributed by atoms with E-state index in [1.165, 1.54) is 13.8 Å². The van der Waals surface area contributed by atoms with E-state index < -0.39 is 17.4 Å². The van der Waals surface area contributed by atoms with Crippen LogP contribution in [0.2, 0.25) is 0 Å². The summed E-state index contributed by atoms with van der Waals surface area (Å²) in [6, 6.07) is 1.79. The molecule has 5 nitrogen and oxygen atoms in total. The highest BCUT2D eigenvalue weighted by Gasteiger charge is 2.47. The number of carbonyl (C=O) groups excluding carboxylic acids is 2. The lowest BCUT2D eigenvalue weighted by Gasteiger charge is -2.36. The van der Waals surface area contributed by atoms with Gasteiger partial charge in [-0.2, -0.15) is 5.26 Å². The summed E-state index contributed by atoms with van der Waals surface area (Å²) in [5.74, 6) is -1.87. The first-order valence-corrected chi connectivity index (χ1v) is 4.36. The van der Waals surface area contributed by atoms with Gasteiger partial charge in [0.1, 0.15) is 5.54 Å². The van der Waals surface area contributed by atoms with Crippen molar-refractivity contribution in [3.63, 3.8) is 0 Å². The Hall–Kier alpha value is -1.48. The zero-order chi connectivity index (χ0) is 10.9. The molecule has 6 heteroatoms. The number of nitrogens with zero attached hydrogens (tertiary/aromatic N) is 1. The third-order valence-electron chi connectivity index (χ3n) is 2.31. The molecular formula is C8H9N3O2S. The summed E-state index contributed by atoms with van der Waals surface area (Å²) < 4.78 is 0. The number of Topliss-reactive ketones (excluding diaryl/α,β-unsaturated/α-hetero) is 1. The van der Waals surface area contributed by atoms with Crippen molar-refractivity contribution in [1.29, 1.82) is 5.26 Å². The molecule has 0 aromatic heterocycles. The predicted octanol–water partition coefficient (Wildman–Crippen LogP) is -0.522. The topological polar surface area (TPSA) is 82.0 Å². The summed E-state index contributed by atoms with van der Waals surface area (Å²) in [5, 5.41) is 13.8. The van der Waals surface area contributed by atoms with E-state index in [2.05, 4.69) is 10.6 Å². The van der Waals surface area contributed by atoms with Crippen LogP contribution < -0.4 is 10.6 Å². The summed E-state index contributed by atoms with van der Waals surface area (Å²) in [5.41, 5.74) is -1.21. The molecule has 0 spiro atoms. The molecular weight excluding hydrogens is 202 g/mol. The highest BCUT2D eigenvalue weighted by Crippen LogP contribution is 2.21. The van der Waals surface area contributed by atoms with Crippen molar-refractivity contribution in [2.24, 2.45) is 5.92 Å². The van der Waals surface area contributed by atoms with Crippen molar-refractivity contribution in [3.8, 4) is 6.07 Å². The smallest absolute Gasteiger partial charge is 0.246 e. The second-order valence-electron chi connectivity index (χ2n) is 3.26. The molecule has 0 aromatic rings. The van der Waals surface area contributed by atoms with Crippen LogP contribution in [0.25, 0.3) is 0 Å². The maximum absolute atomic E-state index is 11.3. The molecule has 0 aliphatic carbocycles. The Bertz CT molecular complexity index is 360. The molecule has 1 fully saturated rings. The lowest BCUT2D eigenvalue weighted by molar-refractivity contribution is -0.132. The molecule has 1 heterocycles. The average Bonchev–Trinajstić information content (AvgIpc) is 2.02. The number of thiocarbonyl (C=S) groups is 1. The Morgan fingerprint density at radius 3 is 2.71 bits per heavy atom. The normalized spacial score (nSPS) is 31.4. The van der Waals surface area contributed by atoms with E-state index >= 15 is 0 Å². The number of amides is 1. The van der Waals surface area contributed by atoms with Gasteiger partial charge in [-0.05, 0) is 26.1 Å².